The molecule has 1 N–H and O–H groups in total. The number of fused-ring (bicyclic) bond motifs is 2. The van der Waals surface area contributed by atoms with Crippen LogP contribution in [0.1, 0.15) is 56.9 Å². The summed E-state index contributed by atoms with van der Waals surface area (Å²) in [5.74, 6) is -1.84. The first-order chi connectivity index (χ1) is 11.9. The summed E-state index contributed by atoms with van der Waals surface area (Å²) in [5.41, 5.74) is 1.04. The molecule has 0 radical (unpaired) electrons. The van der Waals surface area contributed by atoms with Crippen molar-refractivity contribution in [3.05, 3.63) is 52.1 Å². The second-order valence-corrected chi connectivity index (χ2v) is 5.96. The summed E-state index contributed by atoms with van der Waals surface area (Å²) < 4.78 is 5.13. The highest BCUT2D eigenvalue weighted by atomic mass is 16.5. The second-order valence-electron chi connectivity index (χ2n) is 5.96. The monoisotopic (exact) mass is 338 g/mol. The first-order valence-electron chi connectivity index (χ1n) is 8.16. The van der Waals surface area contributed by atoms with Crippen molar-refractivity contribution in [2.45, 2.75) is 27.2 Å². The SMILES string of the molecule is CCOC(=O)c1c2c(c(O)c3ccc(C)cc13)C(=O)C=C(CC)C2=O. The number of carbonyl (C=O) groups excluding carboxylic acids is 3. The molecule has 0 saturated carbocycles. The summed E-state index contributed by atoms with van der Waals surface area (Å²) in [6, 6.07) is 5.12. The zero-order chi connectivity index (χ0) is 18.3. The molecule has 2 aromatic carbocycles. The normalized spacial score (nSPS) is 13.6. The van der Waals surface area contributed by atoms with Crippen LogP contribution >= 0.6 is 0 Å². The van der Waals surface area contributed by atoms with Gasteiger partial charge in [0.1, 0.15) is 5.75 Å². The van der Waals surface area contributed by atoms with Gasteiger partial charge < -0.3 is 9.84 Å². The van der Waals surface area contributed by atoms with Gasteiger partial charge in [-0.25, -0.2) is 4.79 Å². The van der Waals surface area contributed by atoms with Crippen LogP contribution in [0.25, 0.3) is 10.8 Å². The first kappa shape index (κ1) is 16.9. The highest BCUT2D eigenvalue weighted by molar-refractivity contribution is 6.31. The maximum absolute atomic E-state index is 12.9. The molecule has 5 heteroatoms. The van der Waals surface area contributed by atoms with Crippen molar-refractivity contribution >= 4 is 28.3 Å². The number of aryl methyl sites for hydroxylation is 1. The number of esters is 1. The fourth-order valence-corrected chi connectivity index (χ4v) is 3.19. The van der Waals surface area contributed by atoms with Crippen molar-refractivity contribution in [3.63, 3.8) is 0 Å². The third-order valence-electron chi connectivity index (χ3n) is 4.37. The van der Waals surface area contributed by atoms with Crippen molar-refractivity contribution < 1.29 is 24.2 Å². The molecule has 0 aliphatic heterocycles. The van der Waals surface area contributed by atoms with Gasteiger partial charge in [-0.1, -0.05) is 30.7 Å². The third-order valence-corrected chi connectivity index (χ3v) is 4.37. The van der Waals surface area contributed by atoms with Crippen molar-refractivity contribution in [1.29, 1.82) is 0 Å². The van der Waals surface area contributed by atoms with Gasteiger partial charge in [-0.05, 0) is 26.3 Å². The topological polar surface area (TPSA) is 80.7 Å². The van der Waals surface area contributed by atoms with Gasteiger partial charge in [0.05, 0.1) is 23.3 Å². The number of Topliss-reactive ketones (excluding diaryl/α,β-unsaturated/α-hetero) is 1. The predicted molar refractivity (Wildman–Crippen MR) is 93.3 cm³/mol. The Kier molecular flexibility index (Phi) is 4.17. The second kappa shape index (κ2) is 6.16. The summed E-state index contributed by atoms with van der Waals surface area (Å²) in [6.45, 7) is 5.41. The van der Waals surface area contributed by atoms with Crippen LogP contribution in [0.15, 0.2) is 29.8 Å². The number of benzene rings is 2. The van der Waals surface area contributed by atoms with Crippen molar-refractivity contribution in [3.8, 4) is 5.75 Å². The number of rotatable bonds is 3. The van der Waals surface area contributed by atoms with E-state index in [0.29, 0.717) is 22.8 Å². The van der Waals surface area contributed by atoms with E-state index in [4.69, 9.17) is 4.74 Å². The maximum Gasteiger partial charge on any atom is 0.339 e. The van der Waals surface area contributed by atoms with Gasteiger partial charge >= 0.3 is 5.97 Å². The largest absolute Gasteiger partial charge is 0.507 e. The molecule has 0 bridgehead atoms. The van der Waals surface area contributed by atoms with Crippen LogP contribution in [0.5, 0.6) is 5.75 Å². The average Bonchev–Trinajstić information content (AvgIpc) is 2.57. The van der Waals surface area contributed by atoms with E-state index in [-0.39, 0.29) is 29.0 Å². The summed E-state index contributed by atoms with van der Waals surface area (Å²) in [6.07, 6.45) is 1.60. The molecule has 2 aromatic rings. The maximum atomic E-state index is 12.9. The van der Waals surface area contributed by atoms with Crippen LogP contribution in [0, 0.1) is 6.92 Å². The Balaban J connectivity index is 2.50. The summed E-state index contributed by atoms with van der Waals surface area (Å²) >= 11 is 0. The number of ketones is 2. The fourth-order valence-electron chi connectivity index (χ4n) is 3.19. The minimum atomic E-state index is -0.673. The molecule has 25 heavy (non-hydrogen) atoms. The van der Waals surface area contributed by atoms with E-state index in [2.05, 4.69) is 0 Å². The fraction of sp³-hybridized carbons (Fsp3) is 0.250. The van der Waals surface area contributed by atoms with Crippen molar-refractivity contribution in [2.24, 2.45) is 0 Å². The predicted octanol–water partition coefficient (Wildman–Crippen LogP) is 3.75. The summed E-state index contributed by atoms with van der Waals surface area (Å²) in [5, 5.41) is 11.4. The standard InChI is InChI=1S/C20H18O5/c1-4-11-9-14(21)16-17(18(11)22)15(20(24)25-5-2)13-8-10(3)6-7-12(13)19(16)23/h6-9,23H,4-5H2,1-3H3. The molecular formula is C20H18O5. The number of phenols is 1. The Hall–Kier alpha value is -2.95. The number of ether oxygens (including phenoxy) is 1. The molecule has 0 aromatic heterocycles. The van der Waals surface area contributed by atoms with Gasteiger partial charge in [0.25, 0.3) is 0 Å². The zero-order valence-electron chi connectivity index (χ0n) is 14.3. The summed E-state index contributed by atoms with van der Waals surface area (Å²) in [7, 11) is 0. The number of hydrogen-bond donors (Lipinski definition) is 1. The van der Waals surface area contributed by atoms with E-state index in [1.165, 1.54) is 6.08 Å². The van der Waals surface area contributed by atoms with Gasteiger partial charge in [0.15, 0.2) is 11.6 Å². The Morgan fingerprint density at radius 3 is 2.48 bits per heavy atom. The number of carbonyl (C=O) groups is 3. The summed E-state index contributed by atoms with van der Waals surface area (Å²) in [4.78, 5) is 38.0. The quantitative estimate of drug-likeness (QED) is 0.862. The molecule has 0 unspecified atom stereocenters. The highest BCUT2D eigenvalue weighted by Gasteiger charge is 2.35. The van der Waals surface area contributed by atoms with Gasteiger partial charge in [-0.15, -0.1) is 0 Å². The first-order valence-corrected chi connectivity index (χ1v) is 8.16. The lowest BCUT2D eigenvalue weighted by atomic mass is 9.82. The van der Waals surface area contributed by atoms with E-state index in [0.717, 1.165) is 5.56 Å². The van der Waals surface area contributed by atoms with E-state index in [9.17, 15) is 19.5 Å². The Bertz CT molecular complexity index is 966. The number of hydrogen-bond acceptors (Lipinski definition) is 5. The van der Waals surface area contributed by atoms with E-state index < -0.39 is 17.5 Å². The molecule has 1 aliphatic rings. The smallest absolute Gasteiger partial charge is 0.339 e. The average molecular weight is 338 g/mol. The van der Waals surface area contributed by atoms with Crippen molar-refractivity contribution in [2.75, 3.05) is 6.61 Å². The van der Waals surface area contributed by atoms with Gasteiger partial charge in [0, 0.05) is 16.3 Å². The minimum Gasteiger partial charge on any atom is -0.507 e. The lowest BCUT2D eigenvalue weighted by Crippen LogP contribution is -2.22. The Labute approximate surface area is 144 Å². The zero-order valence-corrected chi connectivity index (χ0v) is 14.3. The van der Waals surface area contributed by atoms with Crippen LogP contribution < -0.4 is 0 Å². The highest BCUT2D eigenvalue weighted by Crippen LogP contribution is 2.40. The van der Waals surface area contributed by atoms with E-state index >= 15 is 0 Å². The van der Waals surface area contributed by atoms with E-state index in [1.54, 1.807) is 32.0 Å². The molecule has 1 aliphatic carbocycles. The molecule has 0 saturated heterocycles. The third kappa shape index (κ3) is 2.52. The lowest BCUT2D eigenvalue weighted by Gasteiger charge is -2.21. The molecule has 0 atom stereocenters. The van der Waals surface area contributed by atoms with Crippen LogP contribution in [0.3, 0.4) is 0 Å². The van der Waals surface area contributed by atoms with Gasteiger partial charge in [-0.3, -0.25) is 9.59 Å². The Morgan fingerprint density at radius 1 is 1.12 bits per heavy atom. The van der Waals surface area contributed by atoms with Crippen LogP contribution in [0.4, 0.5) is 0 Å². The van der Waals surface area contributed by atoms with Gasteiger partial charge in [0.2, 0.25) is 0 Å². The molecule has 5 nitrogen and oxygen atoms in total. The van der Waals surface area contributed by atoms with Crippen LogP contribution in [0.2, 0.25) is 0 Å². The lowest BCUT2D eigenvalue weighted by molar-refractivity contribution is 0.0526. The molecular weight excluding hydrogens is 320 g/mol. The van der Waals surface area contributed by atoms with Crippen LogP contribution in [-0.2, 0) is 4.74 Å². The van der Waals surface area contributed by atoms with Crippen LogP contribution in [-0.4, -0.2) is 29.2 Å². The van der Waals surface area contributed by atoms with Gasteiger partial charge in [-0.2, -0.15) is 0 Å². The molecule has 3 rings (SSSR count). The van der Waals surface area contributed by atoms with E-state index in [1.807, 2.05) is 6.92 Å². The molecule has 0 amide bonds. The number of aromatic hydroxyl groups is 1. The molecule has 0 fully saturated rings. The number of phenolic OH excluding ortho intramolecular Hbond substituents is 1. The Morgan fingerprint density at radius 2 is 1.84 bits per heavy atom. The molecule has 0 spiro atoms. The molecule has 128 valence electrons. The minimum absolute atomic E-state index is 0.0470. The van der Waals surface area contributed by atoms with Crippen molar-refractivity contribution in [1.82, 2.24) is 0 Å². The number of allylic oxidation sites excluding steroid dienone is 2. The molecule has 0 heterocycles.